The molecule has 0 aliphatic carbocycles. The summed E-state index contributed by atoms with van der Waals surface area (Å²) in [5.41, 5.74) is -1.39. The Balaban J connectivity index is 1.83. The van der Waals surface area contributed by atoms with Crippen molar-refractivity contribution in [1.29, 1.82) is 0 Å². The fourth-order valence-electron chi connectivity index (χ4n) is 2.62. The lowest BCUT2D eigenvalue weighted by Gasteiger charge is -2.11. The molecule has 0 aliphatic rings. The van der Waals surface area contributed by atoms with Crippen LogP contribution in [-0.2, 0) is 27.4 Å². The van der Waals surface area contributed by atoms with Gasteiger partial charge in [-0.05, 0) is 42.5 Å². The van der Waals surface area contributed by atoms with Gasteiger partial charge in [0.25, 0.3) is 0 Å². The molecule has 0 atom stereocenters. The molecule has 1 N–H and O–H groups in total. The highest BCUT2D eigenvalue weighted by Gasteiger charge is 2.35. The first kappa shape index (κ1) is 23.3. The van der Waals surface area contributed by atoms with Crippen molar-refractivity contribution in [2.24, 2.45) is 0 Å². The normalized spacial score (nSPS) is 11.9. The van der Waals surface area contributed by atoms with E-state index in [-0.39, 0.29) is 17.8 Å². The predicted octanol–water partition coefficient (Wildman–Crippen LogP) is 3.24. The molecule has 0 fully saturated rings. The van der Waals surface area contributed by atoms with Crippen molar-refractivity contribution >= 4 is 15.7 Å². The smallest absolute Gasteiger partial charge is 0.433 e. The summed E-state index contributed by atoms with van der Waals surface area (Å²) in [4.78, 5) is 19.0. The monoisotopic (exact) mass is 469 g/mol. The zero-order valence-corrected chi connectivity index (χ0v) is 17.5. The molecule has 2 aromatic heterocycles. The van der Waals surface area contributed by atoms with Crippen LogP contribution in [0.15, 0.2) is 58.3 Å². The number of sulfone groups is 1. The highest BCUT2D eigenvalue weighted by atomic mass is 32.2. The third-order valence-corrected chi connectivity index (χ3v) is 5.78. The summed E-state index contributed by atoms with van der Waals surface area (Å²) in [7, 11) is -2.96. The average molecular weight is 469 g/mol. The number of aromatic nitrogens is 2. The van der Waals surface area contributed by atoms with Crippen LogP contribution in [0.4, 0.5) is 13.2 Å². The van der Waals surface area contributed by atoms with Gasteiger partial charge in [0.2, 0.25) is 20.9 Å². The van der Waals surface area contributed by atoms with Crippen LogP contribution in [0.1, 0.15) is 17.9 Å². The van der Waals surface area contributed by atoms with Crippen molar-refractivity contribution in [3.05, 3.63) is 60.2 Å². The number of methoxy groups -OCH3 is 1. The fraction of sp³-hybridized carbons (Fsp3) is 0.250. The molecule has 0 unspecified atom stereocenters. The van der Waals surface area contributed by atoms with Gasteiger partial charge in [-0.3, -0.25) is 4.79 Å². The lowest BCUT2D eigenvalue weighted by Crippen LogP contribution is -2.25. The molecule has 0 saturated carbocycles. The maximum atomic E-state index is 13.3. The number of nitrogens with one attached hydrogen (secondary N) is 1. The van der Waals surface area contributed by atoms with Crippen LogP contribution >= 0.6 is 0 Å². The first-order valence-corrected chi connectivity index (χ1v) is 10.9. The van der Waals surface area contributed by atoms with E-state index in [1.807, 2.05) is 0 Å². The van der Waals surface area contributed by atoms with Crippen molar-refractivity contribution in [1.82, 2.24) is 15.3 Å². The molecule has 3 aromatic rings. The minimum absolute atomic E-state index is 0.0492. The summed E-state index contributed by atoms with van der Waals surface area (Å²) in [5, 5.41) is 1.46. The number of rotatable bonds is 8. The molecular formula is C20H18F3N3O5S. The number of halogens is 3. The molecule has 12 heteroatoms. The number of carbonyl (C=O) groups is 1. The molecule has 0 aliphatic heterocycles. The zero-order valence-electron chi connectivity index (χ0n) is 16.7. The van der Waals surface area contributed by atoms with E-state index in [2.05, 4.69) is 15.3 Å². The second-order valence-corrected chi connectivity index (χ2v) is 8.58. The minimum atomic E-state index is -4.89. The number of alkyl halides is 3. The topological polar surface area (TPSA) is 111 Å². The van der Waals surface area contributed by atoms with Crippen molar-refractivity contribution < 1.29 is 35.5 Å². The van der Waals surface area contributed by atoms with Gasteiger partial charge in [-0.1, -0.05) is 0 Å². The molecular weight excluding hydrogens is 451 g/mol. The number of nitrogens with zero attached hydrogens (tertiary/aromatic N) is 2. The van der Waals surface area contributed by atoms with E-state index >= 15 is 0 Å². The van der Waals surface area contributed by atoms with Crippen LogP contribution < -0.4 is 10.1 Å². The summed E-state index contributed by atoms with van der Waals surface area (Å²) in [5.74, 6) is -0.452. The van der Waals surface area contributed by atoms with Crippen molar-refractivity contribution in [2.45, 2.75) is 24.3 Å². The molecule has 2 heterocycles. The van der Waals surface area contributed by atoms with Gasteiger partial charge in [-0.2, -0.15) is 13.2 Å². The maximum absolute atomic E-state index is 13.3. The van der Waals surface area contributed by atoms with Crippen LogP contribution in [-0.4, -0.2) is 37.2 Å². The van der Waals surface area contributed by atoms with Gasteiger partial charge in [0.15, 0.2) is 0 Å². The van der Waals surface area contributed by atoms with E-state index in [0.29, 0.717) is 17.6 Å². The molecule has 0 saturated heterocycles. The van der Waals surface area contributed by atoms with Gasteiger partial charge in [0, 0.05) is 12.0 Å². The molecule has 3 rings (SSSR count). The summed E-state index contributed by atoms with van der Waals surface area (Å²) < 4.78 is 75.3. The quantitative estimate of drug-likeness (QED) is 0.504. The fourth-order valence-corrected chi connectivity index (χ4v) is 3.74. The van der Waals surface area contributed by atoms with Crippen LogP contribution in [0, 0.1) is 0 Å². The number of hydrogen-bond acceptors (Lipinski definition) is 7. The Morgan fingerprint density at radius 1 is 1.16 bits per heavy atom. The lowest BCUT2D eigenvalue weighted by molar-refractivity contribution is -0.141. The molecule has 0 radical (unpaired) electrons. The second-order valence-electron chi connectivity index (χ2n) is 6.57. The van der Waals surface area contributed by atoms with Crippen LogP contribution in [0.25, 0.3) is 11.3 Å². The molecule has 1 aromatic carbocycles. The number of benzene rings is 1. The van der Waals surface area contributed by atoms with Crippen LogP contribution in [0.2, 0.25) is 0 Å². The third-order valence-electron chi connectivity index (χ3n) is 4.30. The van der Waals surface area contributed by atoms with Gasteiger partial charge in [0.05, 0.1) is 31.4 Å². The van der Waals surface area contributed by atoms with Crippen molar-refractivity contribution in [3.63, 3.8) is 0 Å². The average Bonchev–Trinajstić information content (AvgIpc) is 3.29. The first-order chi connectivity index (χ1) is 15.1. The maximum Gasteiger partial charge on any atom is 0.433 e. The summed E-state index contributed by atoms with van der Waals surface area (Å²) >= 11 is 0. The van der Waals surface area contributed by atoms with E-state index in [1.165, 1.54) is 37.6 Å². The zero-order chi connectivity index (χ0) is 23.4. The Morgan fingerprint density at radius 3 is 2.47 bits per heavy atom. The van der Waals surface area contributed by atoms with E-state index < -0.39 is 44.9 Å². The van der Waals surface area contributed by atoms with E-state index in [9.17, 15) is 26.4 Å². The summed E-state index contributed by atoms with van der Waals surface area (Å²) in [6, 6.07) is 9.80. The molecule has 0 spiro atoms. The van der Waals surface area contributed by atoms with E-state index in [0.717, 1.165) is 0 Å². The molecule has 0 bridgehead atoms. The second kappa shape index (κ2) is 9.39. The van der Waals surface area contributed by atoms with Gasteiger partial charge in [-0.25, -0.2) is 18.4 Å². The Kier molecular flexibility index (Phi) is 6.82. The Morgan fingerprint density at radius 2 is 1.88 bits per heavy atom. The van der Waals surface area contributed by atoms with Gasteiger partial charge >= 0.3 is 6.18 Å². The molecule has 8 nitrogen and oxygen atoms in total. The third kappa shape index (κ3) is 5.84. The highest BCUT2D eigenvalue weighted by Crippen LogP contribution is 2.31. The number of carbonyl (C=O) groups excluding carboxylic acids is 1. The summed E-state index contributed by atoms with van der Waals surface area (Å²) in [6.45, 7) is 0.0492. The van der Waals surface area contributed by atoms with E-state index in [1.54, 1.807) is 12.1 Å². The number of furan rings is 1. The number of amides is 1. The largest absolute Gasteiger partial charge is 0.497 e. The van der Waals surface area contributed by atoms with E-state index in [4.69, 9.17) is 9.15 Å². The SMILES string of the molecule is COc1ccc(-c2cc(C(F)(F)F)nc(S(=O)(=O)CCC(=O)NCc3ccco3)n2)cc1. The van der Waals surface area contributed by atoms with Crippen LogP contribution in [0.5, 0.6) is 5.75 Å². The van der Waals surface area contributed by atoms with Gasteiger partial charge < -0.3 is 14.5 Å². The number of ether oxygens (including phenoxy) is 1. The Labute approximate surface area is 181 Å². The number of hydrogen-bond donors (Lipinski definition) is 1. The summed E-state index contributed by atoms with van der Waals surface area (Å²) in [6.07, 6.45) is -3.97. The Hall–Kier alpha value is -3.41. The minimum Gasteiger partial charge on any atom is -0.497 e. The predicted molar refractivity (Wildman–Crippen MR) is 106 cm³/mol. The Bertz CT molecular complexity index is 1180. The van der Waals surface area contributed by atoms with Crippen molar-refractivity contribution in [2.75, 3.05) is 12.9 Å². The molecule has 170 valence electrons. The standard InChI is InChI=1S/C20H18F3N3O5S/c1-30-14-6-4-13(5-7-14)16-11-17(20(21,22)23)26-19(25-16)32(28,29)10-8-18(27)24-12-15-3-2-9-31-15/h2-7,9,11H,8,10,12H2,1H3,(H,24,27). The van der Waals surface area contributed by atoms with Crippen molar-refractivity contribution in [3.8, 4) is 17.0 Å². The first-order valence-electron chi connectivity index (χ1n) is 9.21. The lowest BCUT2D eigenvalue weighted by atomic mass is 10.1. The van der Waals surface area contributed by atoms with Gasteiger partial charge in [-0.15, -0.1) is 0 Å². The molecule has 1 amide bonds. The van der Waals surface area contributed by atoms with Crippen LogP contribution in [0.3, 0.4) is 0 Å². The van der Waals surface area contributed by atoms with Gasteiger partial charge in [0.1, 0.15) is 17.2 Å². The molecule has 32 heavy (non-hydrogen) atoms. The highest BCUT2D eigenvalue weighted by molar-refractivity contribution is 7.91.